The van der Waals surface area contributed by atoms with Gasteiger partial charge in [0, 0.05) is 32.2 Å². The van der Waals surface area contributed by atoms with E-state index in [-0.39, 0.29) is 0 Å². The molecule has 25 heavy (non-hydrogen) atoms. The van der Waals surface area contributed by atoms with Crippen LogP contribution in [0.4, 0.5) is 0 Å². The highest BCUT2D eigenvalue weighted by atomic mass is 16.5. The minimum atomic E-state index is 0.374. The normalized spacial score (nSPS) is 16.4. The molecule has 2 N–H and O–H groups in total. The summed E-state index contributed by atoms with van der Waals surface area (Å²) in [5.74, 6) is 2.00. The van der Waals surface area contributed by atoms with Gasteiger partial charge in [-0.3, -0.25) is 4.90 Å². The second-order valence-corrected chi connectivity index (χ2v) is 6.66. The molecule has 0 radical (unpaired) electrons. The van der Waals surface area contributed by atoms with Gasteiger partial charge in [0.15, 0.2) is 11.7 Å². The van der Waals surface area contributed by atoms with Crippen molar-refractivity contribution in [1.82, 2.24) is 20.7 Å². The largest absolute Gasteiger partial charge is 0.379 e. The average molecular weight is 351 g/mol. The number of guanidine groups is 1. The molecule has 7 heteroatoms. The molecule has 2 rings (SSSR count). The lowest BCUT2D eigenvalue weighted by Gasteiger charge is -2.26. The van der Waals surface area contributed by atoms with Gasteiger partial charge in [-0.2, -0.15) is 0 Å². The van der Waals surface area contributed by atoms with Crippen molar-refractivity contribution in [3.8, 4) is 0 Å². The predicted octanol–water partition coefficient (Wildman–Crippen LogP) is 1.97. The lowest BCUT2D eigenvalue weighted by atomic mass is 10.1. The standard InChI is InChI=1S/C18H33N5O2/c1-4-19-18(21-14-16-13-17(15(2)3)22-25-16)20-7-5-6-8-23-9-11-24-12-10-23/h13,15H,4-12,14H2,1-3H3,(H2,19,20,21). The van der Waals surface area contributed by atoms with Crippen molar-refractivity contribution in [2.75, 3.05) is 45.9 Å². The third-order valence-electron chi connectivity index (χ3n) is 4.20. The van der Waals surface area contributed by atoms with E-state index in [4.69, 9.17) is 9.26 Å². The van der Waals surface area contributed by atoms with Crippen LogP contribution in [0.25, 0.3) is 0 Å². The second-order valence-electron chi connectivity index (χ2n) is 6.66. The van der Waals surface area contributed by atoms with Gasteiger partial charge in [-0.1, -0.05) is 19.0 Å². The van der Waals surface area contributed by atoms with E-state index >= 15 is 0 Å². The molecule has 0 aromatic carbocycles. The lowest BCUT2D eigenvalue weighted by Crippen LogP contribution is -2.39. The Kier molecular flexibility index (Phi) is 8.76. The second kappa shape index (κ2) is 11.1. The Morgan fingerprint density at radius 1 is 1.28 bits per heavy atom. The Hall–Kier alpha value is -1.60. The van der Waals surface area contributed by atoms with Crippen LogP contribution in [0.15, 0.2) is 15.6 Å². The van der Waals surface area contributed by atoms with E-state index in [0.29, 0.717) is 12.5 Å². The number of hydrogen-bond donors (Lipinski definition) is 2. The van der Waals surface area contributed by atoms with Gasteiger partial charge < -0.3 is 19.9 Å². The van der Waals surface area contributed by atoms with Gasteiger partial charge in [-0.05, 0) is 32.2 Å². The van der Waals surface area contributed by atoms with Crippen molar-refractivity contribution in [1.29, 1.82) is 0 Å². The molecule has 0 saturated carbocycles. The quantitative estimate of drug-likeness (QED) is 0.402. The van der Waals surface area contributed by atoms with Crippen molar-refractivity contribution in [2.45, 2.75) is 46.1 Å². The summed E-state index contributed by atoms with van der Waals surface area (Å²) in [5, 5.41) is 10.7. The van der Waals surface area contributed by atoms with E-state index in [0.717, 1.165) is 69.8 Å². The number of nitrogens with zero attached hydrogens (tertiary/aromatic N) is 3. The van der Waals surface area contributed by atoms with E-state index in [1.807, 2.05) is 6.07 Å². The summed E-state index contributed by atoms with van der Waals surface area (Å²) < 4.78 is 10.7. The molecule has 0 atom stereocenters. The van der Waals surface area contributed by atoms with E-state index in [1.54, 1.807) is 0 Å². The highest BCUT2D eigenvalue weighted by molar-refractivity contribution is 5.79. The highest BCUT2D eigenvalue weighted by Gasteiger charge is 2.09. The first-order valence-corrected chi connectivity index (χ1v) is 9.46. The molecular formula is C18H33N5O2. The van der Waals surface area contributed by atoms with Crippen LogP contribution in [0.3, 0.4) is 0 Å². The summed E-state index contributed by atoms with van der Waals surface area (Å²) >= 11 is 0. The minimum absolute atomic E-state index is 0.374. The van der Waals surface area contributed by atoms with Gasteiger partial charge >= 0.3 is 0 Å². The number of hydrogen-bond acceptors (Lipinski definition) is 5. The van der Waals surface area contributed by atoms with Crippen molar-refractivity contribution in [2.24, 2.45) is 4.99 Å². The maximum Gasteiger partial charge on any atom is 0.191 e. The van der Waals surface area contributed by atoms with E-state index in [9.17, 15) is 0 Å². The summed E-state index contributed by atoms with van der Waals surface area (Å²) in [5.41, 5.74) is 0.978. The molecule has 7 nitrogen and oxygen atoms in total. The SMILES string of the molecule is CCNC(=NCc1cc(C(C)C)no1)NCCCCN1CCOCC1. The van der Waals surface area contributed by atoms with Crippen molar-refractivity contribution < 1.29 is 9.26 Å². The van der Waals surface area contributed by atoms with Crippen LogP contribution in [0.1, 0.15) is 51.0 Å². The fourth-order valence-electron chi connectivity index (χ4n) is 2.67. The van der Waals surface area contributed by atoms with Crippen molar-refractivity contribution in [3.63, 3.8) is 0 Å². The Balaban J connectivity index is 1.67. The molecule has 0 spiro atoms. The summed E-state index contributed by atoms with van der Waals surface area (Å²) in [6.07, 6.45) is 2.31. The Bertz CT molecular complexity index is 509. The first-order chi connectivity index (χ1) is 12.2. The maximum absolute atomic E-state index is 5.37. The van der Waals surface area contributed by atoms with Crippen LogP contribution in [0.5, 0.6) is 0 Å². The molecule has 142 valence electrons. The van der Waals surface area contributed by atoms with Crippen LogP contribution in [-0.2, 0) is 11.3 Å². The fraction of sp³-hybridized carbons (Fsp3) is 0.778. The van der Waals surface area contributed by atoms with Gasteiger partial charge in [-0.15, -0.1) is 0 Å². The maximum atomic E-state index is 5.37. The van der Waals surface area contributed by atoms with Crippen LogP contribution in [-0.4, -0.2) is 62.0 Å². The zero-order chi connectivity index (χ0) is 17.9. The van der Waals surface area contributed by atoms with Crippen LogP contribution in [0.2, 0.25) is 0 Å². The summed E-state index contributed by atoms with van der Waals surface area (Å²) in [6.45, 7) is 13.6. The first-order valence-electron chi connectivity index (χ1n) is 9.46. The first kappa shape index (κ1) is 19.7. The van der Waals surface area contributed by atoms with Gasteiger partial charge in [-0.25, -0.2) is 4.99 Å². The molecule has 0 bridgehead atoms. The fourth-order valence-corrected chi connectivity index (χ4v) is 2.67. The van der Waals surface area contributed by atoms with Crippen LogP contribution in [0, 0.1) is 0 Å². The molecule has 1 fully saturated rings. The average Bonchev–Trinajstić information content (AvgIpc) is 3.09. The van der Waals surface area contributed by atoms with Crippen molar-refractivity contribution >= 4 is 5.96 Å². The topological polar surface area (TPSA) is 74.9 Å². The van der Waals surface area contributed by atoms with Crippen LogP contribution < -0.4 is 10.6 Å². The highest BCUT2D eigenvalue weighted by Crippen LogP contribution is 2.14. The zero-order valence-corrected chi connectivity index (χ0v) is 15.9. The molecule has 0 unspecified atom stereocenters. The van der Waals surface area contributed by atoms with Gasteiger partial charge in [0.05, 0.1) is 18.9 Å². The third kappa shape index (κ3) is 7.44. The monoisotopic (exact) mass is 351 g/mol. The molecule has 1 aliphatic heterocycles. The minimum Gasteiger partial charge on any atom is -0.379 e. The molecule has 2 heterocycles. The summed E-state index contributed by atoms with van der Waals surface area (Å²) in [7, 11) is 0. The number of rotatable bonds is 9. The number of morpholine rings is 1. The van der Waals surface area contributed by atoms with E-state index < -0.39 is 0 Å². The number of aliphatic imine (C=N–C) groups is 1. The lowest BCUT2D eigenvalue weighted by molar-refractivity contribution is 0.0372. The number of nitrogens with one attached hydrogen (secondary N) is 2. The van der Waals surface area contributed by atoms with E-state index in [2.05, 4.69) is 46.5 Å². The molecule has 0 aliphatic carbocycles. The zero-order valence-electron chi connectivity index (χ0n) is 15.9. The molecular weight excluding hydrogens is 318 g/mol. The summed E-state index contributed by atoms with van der Waals surface area (Å²) in [6, 6.07) is 1.99. The smallest absolute Gasteiger partial charge is 0.191 e. The van der Waals surface area contributed by atoms with Crippen LogP contribution >= 0.6 is 0 Å². The number of unbranched alkanes of at least 4 members (excludes halogenated alkanes) is 1. The molecule has 1 aromatic heterocycles. The Morgan fingerprint density at radius 3 is 2.76 bits per heavy atom. The molecule has 0 amide bonds. The predicted molar refractivity (Wildman–Crippen MR) is 99.9 cm³/mol. The van der Waals surface area contributed by atoms with Gasteiger partial charge in [0.2, 0.25) is 0 Å². The Morgan fingerprint density at radius 2 is 2.08 bits per heavy atom. The molecule has 1 aromatic rings. The Labute approximate surface area is 151 Å². The van der Waals surface area contributed by atoms with Crippen molar-refractivity contribution in [3.05, 3.63) is 17.5 Å². The van der Waals surface area contributed by atoms with Gasteiger partial charge in [0.25, 0.3) is 0 Å². The van der Waals surface area contributed by atoms with Gasteiger partial charge in [0.1, 0.15) is 6.54 Å². The van der Waals surface area contributed by atoms with E-state index in [1.165, 1.54) is 6.42 Å². The number of aromatic nitrogens is 1. The molecule has 1 saturated heterocycles. The number of ether oxygens (including phenoxy) is 1. The third-order valence-corrected chi connectivity index (χ3v) is 4.20. The molecule has 1 aliphatic rings. The summed E-state index contributed by atoms with van der Waals surface area (Å²) in [4.78, 5) is 7.05.